The predicted octanol–water partition coefficient (Wildman–Crippen LogP) is 5.51. The molecule has 0 spiro atoms. The summed E-state index contributed by atoms with van der Waals surface area (Å²) in [7, 11) is 0. The van der Waals surface area contributed by atoms with E-state index in [2.05, 4.69) is 0 Å². The van der Waals surface area contributed by atoms with E-state index in [-0.39, 0.29) is 5.75 Å². The highest BCUT2D eigenvalue weighted by Gasteiger charge is 2.33. The minimum absolute atomic E-state index is 0.151. The fourth-order valence-electron chi connectivity index (χ4n) is 3.20. The minimum Gasteiger partial charge on any atom is -0.444 e. The molecule has 0 atom stereocenters. The van der Waals surface area contributed by atoms with Crippen LogP contribution in [0.25, 0.3) is 21.5 Å². The molecule has 0 saturated carbocycles. The number of hydrogen-bond donors (Lipinski definition) is 0. The molecule has 4 aromatic rings. The summed E-state index contributed by atoms with van der Waals surface area (Å²) >= 11 is 0. The molecule has 10 nitrogen and oxygen atoms in total. The third-order valence-corrected chi connectivity index (χ3v) is 4.56. The van der Waals surface area contributed by atoms with E-state index < -0.39 is 37.6 Å². The van der Waals surface area contributed by atoms with Gasteiger partial charge in [0.25, 0.3) is 11.4 Å². The Morgan fingerprint density at radius 3 is 1.77 bits per heavy atom. The Bertz CT molecular complexity index is 1330. The van der Waals surface area contributed by atoms with Gasteiger partial charge in [0, 0.05) is 5.39 Å². The zero-order chi connectivity index (χ0) is 21.4. The summed E-state index contributed by atoms with van der Waals surface area (Å²) in [6.07, 6.45) is 0. The number of non-ortho nitro benzene ring substituents is 1. The molecule has 10 heteroatoms. The zero-order valence-corrected chi connectivity index (χ0v) is 15.1. The average molecular weight is 405 g/mol. The van der Waals surface area contributed by atoms with E-state index in [0.717, 1.165) is 16.2 Å². The van der Waals surface area contributed by atoms with Crippen LogP contribution in [0, 0.1) is 30.3 Å². The molecule has 0 fully saturated rings. The molecular formula is C20H11N3O7. The van der Waals surface area contributed by atoms with E-state index in [1.165, 1.54) is 6.07 Å². The molecule has 4 aromatic carbocycles. The van der Waals surface area contributed by atoms with Crippen LogP contribution in [-0.4, -0.2) is 14.8 Å². The topological polar surface area (TPSA) is 139 Å². The van der Waals surface area contributed by atoms with E-state index in [9.17, 15) is 30.3 Å². The Labute approximate surface area is 167 Å². The first-order valence-corrected chi connectivity index (χ1v) is 8.56. The number of fused-ring (bicyclic) bond motifs is 2. The first-order valence-electron chi connectivity index (χ1n) is 8.56. The van der Waals surface area contributed by atoms with Gasteiger partial charge in [-0.05, 0) is 34.4 Å². The SMILES string of the molecule is O=[N+]([O-])c1cc([N+](=O)[O-])c(Oc2cccc3cc4ccccc4cc23)c([N+](=O)[O-])c1. The fourth-order valence-corrected chi connectivity index (χ4v) is 3.20. The summed E-state index contributed by atoms with van der Waals surface area (Å²) in [6, 6.07) is 17.5. The van der Waals surface area contributed by atoms with Crippen LogP contribution in [0.3, 0.4) is 0 Å². The second-order valence-electron chi connectivity index (χ2n) is 6.36. The van der Waals surface area contributed by atoms with E-state index in [1.54, 1.807) is 6.07 Å². The van der Waals surface area contributed by atoms with Gasteiger partial charge in [0.2, 0.25) is 0 Å². The van der Waals surface area contributed by atoms with Gasteiger partial charge < -0.3 is 4.74 Å². The largest absolute Gasteiger partial charge is 0.444 e. The second kappa shape index (κ2) is 7.09. The average Bonchev–Trinajstić information content (AvgIpc) is 2.72. The third kappa shape index (κ3) is 3.22. The Hall–Kier alpha value is -4.60. The van der Waals surface area contributed by atoms with Crippen molar-refractivity contribution in [1.29, 1.82) is 0 Å². The quantitative estimate of drug-likeness (QED) is 0.242. The summed E-state index contributed by atoms with van der Waals surface area (Å²) < 4.78 is 5.65. The second-order valence-corrected chi connectivity index (χ2v) is 6.36. The van der Waals surface area contributed by atoms with Crippen molar-refractivity contribution in [3.63, 3.8) is 0 Å². The van der Waals surface area contributed by atoms with Crippen LogP contribution in [-0.2, 0) is 0 Å². The maximum atomic E-state index is 11.5. The number of nitrogens with zero attached hydrogens (tertiary/aromatic N) is 3. The van der Waals surface area contributed by atoms with Crippen LogP contribution >= 0.6 is 0 Å². The van der Waals surface area contributed by atoms with Crippen LogP contribution in [0.15, 0.2) is 66.7 Å². The van der Waals surface area contributed by atoms with E-state index in [0.29, 0.717) is 17.5 Å². The maximum Gasteiger partial charge on any atom is 0.325 e. The molecule has 0 N–H and O–H groups in total. The smallest absolute Gasteiger partial charge is 0.325 e. The molecule has 0 heterocycles. The summed E-state index contributed by atoms with van der Waals surface area (Å²) in [5, 5.41) is 37.2. The molecule has 0 amide bonds. The Morgan fingerprint density at radius 1 is 0.633 bits per heavy atom. The van der Waals surface area contributed by atoms with Gasteiger partial charge in [-0.1, -0.05) is 36.4 Å². The number of benzene rings is 4. The van der Waals surface area contributed by atoms with Crippen molar-refractivity contribution in [3.05, 3.63) is 97.1 Å². The van der Waals surface area contributed by atoms with Crippen LogP contribution in [0.2, 0.25) is 0 Å². The Kier molecular flexibility index (Phi) is 4.43. The van der Waals surface area contributed by atoms with Crippen LogP contribution in [0.1, 0.15) is 0 Å². The molecule has 4 rings (SSSR count). The molecule has 148 valence electrons. The molecule has 0 aliphatic rings. The summed E-state index contributed by atoms with van der Waals surface area (Å²) in [6.45, 7) is 0. The molecule has 0 bridgehead atoms. The zero-order valence-electron chi connectivity index (χ0n) is 15.1. The summed E-state index contributed by atoms with van der Waals surface area (Å²) in [4.78, 5) is 31.2. The number of nitro benzene ring substituents is 3. The van der Waals surface area contributed by atoms with Crippen molar-refractivity contribution in [2.75, 3.05) is 0 Å². The summed E-state index contributed by atoms with van der Waals surface area (Å²) in [5.74, 6) is -0.519. The Balaban J connectivity index is 1.95. The van der Waals surface area contributed by atoms with Gasteiger partial charge in [-0.2, -0.15) is 0 Å². The van der Waals surface area contributed by atoms with Crippen molar-refractivity contribution < 1.29 is 19.5 Å². The summed E-state index contributed by atoms with van der Waals surface area (Å²) in [5.41, 5.74) is -2.51. The number of rotatable bonds is 5. The van der Waals surface area contributed by atoms with Gasteiger partial charge >= 0.3 is 11.4 Å². The van der Waals surface area contributed by atoms with Crippen LogP contribution in [0.5, 0.6) is 11.5 Å². The monoisotopic (exact) mass is 405 g/mol. The molecule has 0 unspecified atom stereocenters. The van der Waals surface area contributed by atoms with Crippen molar-refractivity contribution in [2.24, 2.45) is 0 Å². The lowest BCUT2D eigenvalue weighted by atomic mass is 10.0. The van der Waals surface area contributed by atoms with Crippen LogP contribution in [0.4, 0.5) is 17.1 Å². The lowest BCUT2D eigenvalue weighted by Gasteiger charge is -2.11. The lowest BCUT2D eigenvalue weighted by molar-refractivity contribution is -0.404. The molecule has 0 saturated heterocycles. The van der Waals surface area contributed by atoms with Gasteiger partial charge in [-0.15, -0.1) is 0 Å². The fraction of sp³-hybridized carbons (Fsp3) is 0. The third-order valence-electron chi connectivity index (χ3n) is 4.56. The van der Waals surface area contributed by atoms with E-state index in [4.69, 9.17) is 4.74 Å². The van der Waals surface area contributed by atoms with Gasteiger partial charge in [0.15, 0.2) is 0 Å². The normalized spacial score (nSPS) is 10.8. The molecule has 0 radical (unpaired) electrons. The first kappa shape index (κ1) is 18.7. The number of nitro groups is 3. The number of ether oxygens (including phenoxy) is 1. The maximum absolute atomic E-state index is 11.5. The van der Waals surface area contributed by atoms with Crippen molar-refractivity contribution >= 4 is 38.6 Å². The molecule has 0 aliphatic carbocycles. The van der Waals surface area contributed by atoms with Gasteiger partial charge in [0.05, 0.1) is 26.9 Å². The van der Waals surface area contributed by atoms with Gasteiger partial charge in [-0.25, -0.2) is 0 Å². The minimum atomic E-state index is -0.949. The van der Waals surface area contributed by atoms with E-state index in [1.807, 2.05) is 42.5 Å². The predicted molar refractivity (Wildman–Crippen MR) is 108 cm³/mol. The van der Waals surface area contributed by atoms with Gasteiger partial charge in [0.1, 0.15) is 5.75 Å². The van der Waals surface area contributed by atoms with Gasteiger partial charge in [-0.3, -0.25) is 30.3 Å². The number of hydrogen-bond acceptors (Lipinski definition) is 7. The van der Waals surface area contributed by atoms with Crippen molar-refractivity contribution in [1.82, 2.24) is 0 Å². The standard InChI is InChI=1S/C20H11N3O7/c24-21(25)15-10-17(22(26)27)20(18(11-15)23(28)29)30-19-7-3-6-14-8-12-4-1-2-5-13(12)9-16(14)19/h1-11H. The lowest BCUT2D eigenvalue weighted by Crippen LogP contribution is -2.01. The highest BCUT2D eigenvalue weighted by molar-refractivity contribution is 6.01. The van der Waals surface area contributed by atoms with Crippen molar-refractivity contribution in [3.8, 4) is 11.5 Å². The van der Waals surface area contributed by atoms with Crippen LogP contribution < -0.4 is 4.74 Å². The molecule has 30 heavy (non-hydrogen) atoms. The molecule has 0 aromatic heterocycles. The molecular weight excluding hydrogens is 394 g/mol. The van der Waals surface area contributed by atoms with E-state index >= 15 is 0 Å². The highest BCUT2D eigenvalue weighted by Crippen LogP contribution is 2.44. The molecule has 0 aliphatic heterocycles. The Morgan fingerprint density at radius 2 is 1.20 bits per heavy atom. The highest BCUT2D eigenvalue weighted by atomic mass is 16.6. The van der Waals surface area contributed by atoms with Crippen molar-refractivity contribution in [2.45, 2.75) is 0 Å². The first-order chi connectivity index (χ1) is 14.3.